The van der Waals surface area contributed by atoms with E-state index in [0.29, 0.717) is 11.8 Å². The number of rotatable bonds is 1. The lowest BCUT2D eigenvalue weighted by atomic mass is 9.53. The van der Waals surface area contributed by atoms with E-state index in [0.717, 1.165) is 19.3 Å². The molecule has 5 rings (SSSR count). The summed E-state index contributed by atoms with van der Waals surface area (Å²) >= 11 is 0. The fourth-order valence-corrected chi connectivity index (χ4v) is 5.72. The standard InChI is InChI=1S/C16H20O4/c1-2-16-4-3-7-12(10-5-8(17)14(7)19-10)13(16)11-6-9(18)15(16)20-11/h2-3,8-15,17-18H,1,4-6H2/t8-,9-,10-,11-,12+,13+,14-,15-,16-/m1/s1. The molecule has 0 aromatic rings. The van der Waals surface area contributed by atoms with Crippen LogP contribution in [0.25, 0.3) is 0 Å². The summed E-state index contributed by atoms with van der Waals surface area (Å²) in [5.41, 5.74) is 1.14. The van der Waals surface area contributed by atoms with E-state index in [9.17, 15) is 10.2 Å². The van der Waals surface area contributed by atoms with Gasteiger partial charge in [-0.15, -0.1) is 6.58 Å². The van der Waals surface area contributed by atoms with Crippen molar-refractivity contribution < 1.29 is 19.7 Å². The molecule has 4 heteroatoms. The van der Waals surface area contributed by atoms with E-state index < -0.39 is 0 Å². The van der Waals surface area contributed by atoms with Gasteiger partial charge < -0.3 is 19.7 Å². The van der Waals surface area contributed by atoms with E-state index in [-0.39, 0.29) is 42.0 Å². The molecular weight excluding hydrogens is 256 g/mol. The van der Waals surface area contributed by atoms with Crippen molar-refractivity contribution in [2.75, 3.05) is 0 Å². The maximum Gasteiger partial charge on any atom is 0.105 e. The normalized spacial score (nSPS) is 62.2. The molecule has 1 aliphatic carbocycles. The highest BCUT2D eigenvalue weighted by atomic mass is 16.5. The van der Waals surface area contributed by atoms with Gasteiger partial charge in [-0.05, 0) is 12.0 Å². The predicted octanol–water partition coefficient (Wildman–Crippen LogP) is 0.785. The van der Waals surface area contributed by atoms with Crippen molar-refractivity contribution in [2.24, 2.45) is 17.3 Å². The molecule has 4 heterocycles. The molecular formula is C16H20O4. The van der Waals surface area contributed by atoms with Crippen LogP contribution >= 0.6 is 0 Å². The number of ether oxygens (including phenoxy) is 2. The molecule has 9 atom stereocenters. The van der Waals surface area contributed by atoms with Crippen LogP contribution in [0.15, 0.2) is 24.3 Å². The summed E-state index contributed by atoms with van der Waals surface area (Å²) in [4.78, 5) is 0. The number of hydrogen-bond acceptors (Lipinski definition) is 4. The van der Waals surface area contributed by atoms with Gasteiger partial charge in [0.15, 0.2) is 0 Å². The Balaban J connectivity index is 1.62. The Morgan fingerprint density at radius 2 is 2.00 bits per heavy atom. The summed E-state index contributed by atoms with van der Waals surface area (Å²) in [6.45, 7) is 4.05. The number of aliphatic hydroxyl groups is 2. The molecule has 0 amide bonds. The topological polar surface area (TPSA) is 58.9 Å². The quantitative estimate of drug-likeness (QED) is 0.695. The Kier molecular flexibility index (Phi) is 2.12. The molecule has 4 nitrogen and oxygen atoms in total. The van der Waals surface area contributed by atoms with Gasteiger partial charge in [-0.3, -0.25) is 0 Å². The summed E-state index contributed by atoms with van der Waals surface area (Å²) in [6.07, 6.45) is 5.86. The third kappa shape index (κ3) is 1.12. The first-order valence-electron chi connectivity index (χ1n) is 7.66. The third-order valence-corrected chi connectivity index (χ3v) is 6.41. The Hall–Kier alpha value is -0.680. The maximum atomic E-state index is 10.2. The van der Waals surface area contributed by atoms with Crippen molar-refractivity contribution in [2.45, 2.75) is 55.9 Å². The van der Waals surface area contributed by atoms with Gasteiger partial charge in [0, 0.05) is 30.1 Å². The number of hydrogen-bond donors (Lipinski definition) is 2. The van der Waals surface area contributed by atoms with Gasteiger partial charge >= 0.3 is 0 Å². The second-order valence-corrected chi connectivity index (χ2v) is 7.07. The zero-order valence-corrected chi connectivity index (χ0v) is 11.3. The minimum Gasteiger partial charge on any atom is -0.390 e. The molecule has 5 aliphatic rings. The smallest absolute Gasteiger partial charge is 0.105 e. The highest BCUT2D eigenvalue weighted by molar-refractivity contribution is 5.35. The molecule has 0 radical (unpaired) electrons. The first-order chi connectivity index (χ1) is 9.65. The molecule has 0 saturated carbocycles. The van der Waals surface area contributed by atoms with E-state index >= 15 is 0 Å². The second-order valence-electron chi connectivity index (χ2n) is 7.07. The van der Waals surface area contributed by atoms with Crippen LogP contribution in [0.3, 0.4) is 0 Å². The molecule has 4 aliphatic heterocycles. The van der Waals surface area contributed by atoms with Crippen LogP contribution in [-0.4, -0.2) is 46.8 Å². The van der Waals surface area contributed by atoms with E-state index in [1.807, 2.05) is 6.08 Å². The monoisotopic (exact) mass is 276 g/mol. The largest absolute Gasteiger partial charge is 0.390 e. The molecule has 4 bridgehead atoms. The molecule has 4 fully saturated rings. The van der Waals surface area contributed by atoms with E-state index in [1.165, 1.54) is 5.57 Å². The zero-order valence-electron chi connectivity index (χ0n) is 11.3. The molecule has 0 aromatic heterocycles. The molecule has 0 spiro atoms. The van der Waals surface area contributed by atoms with Crippen LogP contribution in [0.5, 0.6) is 0 Å². The van der Waals surface area contributed by atoms with Gasteiger partial charge in [0.25, 0.3) is 0 Å². The summed E-state index contributed by atoms with van der Waals surface area (Å²) in [5.74, 6) is 0.702. The van der Waals surface area contributed by atoms with Crippen molar-refractivity contribution in [1.82, 2.24) is 0 Å². The highest BCUT2D eigenvalue weighted by Gasteiger charge is 2.69. The maximum absolute atomic E-state index is 10.2. The number of fused-ring (bicyclic) bond motifs is 11. The van der Waals surface area contributed by atoms with Crippen LogP contribution < -0.4 is 0 Å². The van der Waals surface area contributed by atoms with E-state index in [4.69, 9.17) is 9.47 Å². The van der Waals surface area contributed by atoms with Gasteiger partial charge in [0.2, 0.25) is 0 Å². The summed E-state index contributed by atoms with van der Waals surface area (Å²) in [7, 11) is 0. The third-order valence-electron chi connectivity index (χ3n) is 6.41. The van der Waals surface area contributed by atoms with Gasteiger partial charge in [0.1, 0.15) is 6.10 Å². The molecule has 2 N–H and O–H groups in total. The minimum absolute atomic E-state index is 0.100. The van der Waals surface area contributed by atoms with Crippen molar-refractivity contribution >= 4 is 0 Å². The molecule has 0 unspecified atom stereocenters. The first kappa shape index (κ1) is 11.9. The van der Waals surface area contributed by atoms with Crippen LogP contribution in [0.4, 0.5) is 0 Å². The van der Waals surface area contributed by atoms with Crippen molar-refractivity contribution in [3.63, 3.8) is 0 Å². The lowest BCUT2D eigenvalue weighted by Gasteiger charge is -2.48. The van der Waals surface area contributed by atoms with Crippen LogP contribution in [0.2, 0.25) is 0 Å². The molecule has 108 valence electrons. The predicted molar refractivity (Wildman–Crippen MR) is 70.9 cm³/mol. The van der Waals surface area contributed by atoms with Crippen molar-refractivity contribution in [3.8, 4) is 0 Å². The Labute approximate surface area is 118 Å². The highest BCUT2D eigenvalue weighted by Crippen LogP contribution is 2.64. The van der Waals surface area contributed by atoms with Crippen LogP contribution in [0, 0.1) is 17.3 Å². The lowest BCUT2D eigenvalue weighted by Crippen LogP contribution is -2.52. The average Bonchev–Trinajstić information content (AvgIpc) is 3.15. The first-order valence-corrected chi connectivity index (χ1v) is 7.66. The van der Waals surface area contributed by atoms with Crippen LogP contribution in [0.1, 0.15) is 19.3 Å². The summed E-state index contributed by atoms with van der Waals surface area (Å²) in [5, 5.41) is 20.2. The Bertz CT molecular complexity index is 515. The number of aliphatic hydroxyl groups excluding tert-OH is 2. The fourth-order valence-electron chi connectivity index (χ4n) is 5.72. The Morgan fingerprint density at radius 1 is 1.20 bits per heavy atom. The van der Waals surface area contributed by atoms with Crippen molar-refractivity contribution in [3.05, 3.63) is 24.3 Å². The SMILES string of the molecule is C=C[C@@]12CC=C3[C@H]([C@@H]1[C@H]1C[C@@H](O)[C@H]2O1)[C@H]1C[C@@H](O)[C@@H]3O1. The van der Waals surface area contributed by atoms with Gasteiger partial charge in [-0.1, -0.05) is 12.2 Å². The van der Waals surface area contributed by atoms with Gasteiger partial charge in [0.05, 0.1) is 30.5 Å². The second kappa shape index (κ2) is 3.55. The zero-order chi connectivity index (χ0) is 13.6. The van der Waals surface area contributed by atoms with E-state index in [2.05, 4.69) is 12.7 Å². The number of allylic oxidation sites excluding steroid dienone is 1. The Morgan fingerprint density at radius 3 is 2.80 bits per heavy atom. The van der Waals surface area contributed by atoms with Gasteiger partial charge in [-0.2, -0.15) is 0 Å². The fraction of sp³-hybridized carbons (Fsp3) is 0.750. The summed E-state index contributed by atoms with van der Waals surface area (Å²) in [6, 6.07) is 0. The average molecular weight is 276 g/mol. The van der Waals surface area contributed by atoms with Gasteiger partial charge in [-0.25, -0.2) is 0 Å². The minimum atomic E-state index is -0.366. The van der Waals surface area contributed by atoms with Crippen molar-refractivity contribution in [1.29, 1.82) is 0 Å². The van der Waals surface area contributed by atoms with Crippen LogP contribution in [-0.2, 0) is 9.47 Å². The lowest BCUT2D eigenvalue weighted by molar-refractivity contribution is -0.00349. The van der Waals surface area contributed by atoms with E-state index in [1.54, 1.807) is 0 Å². The summed E-state index contributed by atoms with van der Waals surface area (Å²) < 4.78 is 12.1. The molecule has 0 aromatic carbocycles. The molecule has 20 heavy (non-hydrogen) atoms. The molecule has 4 saturated heterocycles.